The van der Waals surface area contributed by atoms with Crippen LogP contribution in [-0.4, -0.2) is 17.3 Å². The van der Waals surface area contributed by atoms with Gasteiger partial charge in [0, 0.05) is 12.1 Å². The summed E-state index contributed by atoms with van der Waals surface area (Å²) >= 11 is 0. The smallest absolute Gasteiger partial charge is 0.0613 e. The Bertz CT molecular complexity index is 339. The van der Waals surface area contributed by atoms with Crippen LogP contribution in [0.5, 0.6) is 0 Å². The minimum absolute atomic E-state index is 0.0147. The van der Waals surface area contributed by atoms with E-state index >= 15 is 0 Å². The van der Waals surface area contributed by atoms with Crippen LogP contribution in [0.25, 0.3) is 0 Å². The predicted octanol–water partition coefficient (Wildman–Crippen LogP) is 2.25. The Hall–Kier alpha value is -0.860. The molecular weight excluding hydrogens is 198 g/mol. The first kappa shape index (κ1) is 11.6. The highest BCUT2D eigenvalue weighted by Gasteiger charge is 2.35. The minimum atomic E-state index is 0.0147. The second kappa shape index (κ2) is 4.98. The van der Waals surface area contributed by atoms with E-state index in [4.69, 9.17) is 0 Å². The summed E-state index contributed by atoms with van der Waals surface area (Å²) in [5, 5.41) is 12.9. The van der Waals surface area contributed by atoms with Gasteiger partial charge in [0.1, 0.15) is 0 Å². The van der Waals surface area contributed by atoms with Crippen molar-refractivity contribution in [2.75, 3.05) is 6.61 Å². The van der Waals surface area contributed by atoms with Crippen molar-refractivity contribution >= 4 is 0 Å². The lowest BCUT2D eigenvalue weighted by Crippen LogP contribution is -2.53. The Morgan fingerprint density at radius 1 is 1.25 bits per heavy atom. The summed E-state index contributed by atoms with van der Waals surface area (Å²) in [4.78, 5) is 0. The first-order valence-electron chi connectivity index (χ1n) is 6.22. The molecule has 0 radical (unpaired) electrons. The van der Waals surface area contributed by atoms with E-state index in [0.29, 0.717) is 0 Å². The van der Waals surface area contributed by atoms with Gasteiger partial charge in [0.05, 0.1) is 6.61 Å². The zero-order valence-electron chi connectivity index (χ0n) is 10.00. The highest BCUT2D eigenvalue weighted by molar-refractivity contribution is 5.27. The van der Waals surface area contributed by atoms with Gasteiger partial charge in [0.25, 0.3) is 0 Å². The van der Waals surface area contributed by atoms with Crippen molar-refractivity contribution in [3.05, 3.63) is 35.4 Å². The molecule has 0 spiro atoms. The molecule has 2 N–H and O–H groups in total. The number of benzene rings is 1. The monoisotopic (exact) mass is 219 g/mol. The second-order valence-electron chi connectivity index (χ2n) is 4.77. The molecule has 1 aromatic carbocycles. The number of hydrogen-bond acceptors (Lipinski definition) is 2. The molecule has 1 aromatic rings. The minimum Gasteiger partial charge on any atom is -0.394 e. The van der Waals surface area contributed by atoms with E-state index in [1.165, 1.54) is 17.5 Å². The van der Waals surface area contributed by atoms with Gasteiger partial charge in [0.15, 0.2) is 0 Å². The summed E-state index contributed by atoms with van der Waals surface area (Å²) < 4.78 is 0. The Labute approximate surface area is 97.7 Å². The molecule has 0 unspecified atom stereocenters. The first-order chi connectivity index (χ1) is 7.79. The topological polar surface area (TPSA) is 32.3 Å². The van der Waals surface area contributed by atoms with Crippen molar-refractivity contribution < 1.29 is 5.11 Å². The maximum absolute atomic E-state index is 9.38. The summed E-state index contributed by atoms with van der Waals surface area (Å²) in [6.45, 7) is 3.33. The number of aryl methyl sites for hydroxylation is 1. The fraction of sp³-hybridized carbons (Fsp3) is 0.571. The van der Waals surface area contributed by atoms with Gasteiger partial charge in [-0.1, -0.05) is 31.2 Å². The van der Waals surface area contributed by atoms with Gasteiger partial charge >= 0.3 is 0 Å². The fourth-order valence-corrected chi connectivity index (χ4v) is 2.35. The van der Waals surface area contributed by atoms with Crippen molar-refractivity contribution in [3.63, 3.8) is 0 Å². The van der Waals surface area contributed by atoms with Crippen molar-refractivity contribution in [2.45, 2.75) is 44.7 Å². The van der Waals surface area contributed by atoms with E-state index in [1.54, 1.807) is 0 Å². The van der Waals surface area contributed by atoms with Crippen LogP contribution in [0.2, 0.25) is 0 Å². The summed E-state index contributed by atoms with van der Waals surface area (Å²) in [6.07, 6.45) is 4.53. The molecule has 16 heavy (non-hydrogen) atoms. The summed E-state index contributed by atoms with van der Waals surface area (Å²) in [6, 6.07) is 8.54. The molecule has 0 amide bonds. The molecule has 0 aromatic heterocycles. The van der Waals surface area contributed by atoms with Crippen LogP contribution in [0.15, 0.2) is 24.3 Å². The van der Waals surface area contributed by atoms with E-state index < -0.39 is 0 Å². The zero-order chi connectivity index (χ0) is 11.4. The lowest BCUT2D eigenvalue weighted by atomic mass is 9.77. The molecule has 0 atom stereocenters. The van der Waals surface area contributed by atoms with Gasteiger partial charge in [-0.3, -0.25) is 0 Å². The maximum atomic E-state index is 9.38. The van der Waals surface area contributed by atoms with Crippen molar-refractivity contribution in [3.8, 4) is 0 Å². The van der Waals surface area contributed by atoms with Crippen LogP contribution in [0.3, 0.4) is 0 Å². The SMILES string of the molecule is CCc1ccccc1CNC1(CO)CCC1. The zero-order valence-corrected chi connectivity index (χ0v) is 10.00. The van der Waals surface area contributed by atoms with Crippen LogP contribution in [0.4, 0.5) is 0 Å². The first-order valence-corrected chi connectivity index (χ1v) is 6.22. The van der Waals surface area contributed by atoms with Gasteiger partial charge in [0.2, 0.25) is 0 Å². The van der Waals surface area contributed by atoms with Crippen molar-refractivity contribution in [2.24, 2.45) is 0 Å². The summed E-state index contributed by atoms with van der Waals surface area (Å²) in [5.41, 5.74) is 2.79. The number of aliphatic hydroxyl groups excluding tert-OH is 1. The molecule has 2 nitrogen and oxygen atoms in total. The van der Waals surface area contributed by atoms with Crippen LogP contribution in [0, 0.1) is 0 Å². The van der Waals surface area contributed by atoms with Crippen LogP contribution in [-0.2, 0) is 13.0 Å². The highest BCUT2D eigenvalue weighted by atomic mass is 16.3. The molecule has 0 aliphatic heterocycles. The number of rotatable bonds is 5. The van der Waals surface area contributed by atoms with E-state index in [9.17, 15) is 5.11 Å². The highest BCUT2D eigenvalue weighted by Crippen LogP contribution is 2.31. The standard InChI is InChI=1S/C14H21NO/c1-2-12-6-3-4-7-13(12)10-15-14(11-16)8-5-9-14/h3-4,6-7,15-16H,2,5,8-11H2,1H3. The average Bonchev–Trinajstić information content (AvgIpc) is 2.29. The molecular formula is C14H21NO. The third-order valence-electron chi connectivity index (χ3n) is 3.77. The molecule has 88 valence electrons. The van der Waals surface area contributed by atoms with E-state index in [2.05, 4.69) is 36.5 Å². The molecule has 1 saturated carbocycles. The summed E-state index contributed by atoms with van der Waals surface area (Å²) in [5.74, 6) is 0. The Morgan fingerprint density at radius 3 is 2.44 bits per heavy atom. The Morgan fingerprint density at radius 2 is 1.94 bits per heavy atom. The van der Waals surface area contributed by atoms with Crippen molar-refractivity contribution in [1.29, 1.82) is 0 Å². The number of hydrogen-bond donors (Lipinski definition) is 2. The van der Waals surface area contributed by atoms with Gasteiger partial charge in [-0.2, -0.15) is 0 Å². The number of nitrogens with one attached hydrogen (secondary N) is 1. The van der Waals surface area contributed by atoms with E-state index in [-0.39, 0.29) is 12.1 Å². The predicted molar refractivity (Wildman–Crippen MR) is 66.3 cm³/mol. The molecule has 1 fully saturated rings. The largest absolute Gasteiger partial charge is 0.394 e. The van der Waals surface area contributed by atoms with Gasteiger partial charge in [-0.05, 0) is 36.8 Å². The molecule has 2 rings (SSSR count). The lowest BCUT2D eigenvalue weighted by molar-refractivity contribution is 0.0871. The van der Waals surface area contributed by atoms with E-state index in [1.807, 2.05) is 0 Å². The fourth-order valence-electron chi connectivity index (χ4n) is 2.35. The van der Waals surface area contributed by atoms with Gasteiger partial charge < -0.3 is 10.4 Å². The molecule has 1 aliphatic carbocycles. The molecule has 0 bridgehead atoms. The lowest BCUT2D eigenvalue weighted by Gasteiger charge is -2.41. The second-order valence-corrected chi connectivity index (χ2v) is 4.77. The normalized spacial score (nSPS) is 18.1. The summed E-state index contributed by atoms with van der Waals surface area (Å²) in [7, 11) is 0. The Balaban J connectivity index is 1.98. The average molecular weight is 219 g/mol. The third-order valence-corrected chi connectivity index (χ3v) is 3.77. The van der Waals surface area contributed by atoms with Crippen LogP contribution < -0.4 is 5.32 Å². The van der Waals surface area contributed by atoms with Gasteiger partial charge in [-0.15, -0.1) is 0 Å². The maximum Gasteiger partial charge on any atom is 0.0613 e. The van der Waals surface area contributed by atoms with Crippen molar-refractivity contribution in [1.82, 2.24) is 5.32 Å². The quantitative estimate of drug-likeness (QED) is 0.796. The molecule has 1 aliphatic rings. The van der Waals surface area contributed by atoms with Gasteiger partial charge in [-0.25, -0.2) is 0 Å². The van der Waals surface area contributed by atoms with Crippen LogP contribution in [0.1, 0.15) is 37.3 Å². The third kappa shape index (κ3) is 2.28. The van der Waals surface area contributed by atoms with Crippen LogP contribution >= 0.6 is 0 Å². The molecule has 0 heterocycles. The Kier molecular flexibility index (Phi) is 3.62. The molecule has 0 saturated heterocycles. The van der Waals surface area contributed by atoms with E-state index in [0.717, 1.165) is 25.8 Å². The molecule has 2 heteroatoms. The number of aliphatic hydroxyl groups is 1.